The molecule has 0 unspecified atom stereocenters. The average molecular weight is 413 g/mol. The maximum Gasteiger partial charge on any atom is 0.338 e. The molecule has 3 saturated carbocycles. The van der Waals surface area contributed by atoms with E-state index >= 15 is 0 Å². The molecule has 0 amide bonds. The van der Waals surface area contributed by atoms with E-state index in [0.29, 0.717) is 30.2 Å². The van der Waals surface area contributed by atoms with Gasteiger partial charge in [0.25, 0.3) is 0 Å². The van der Waals surface area contributed by atoms with E-state index in [1.165, 1.54) is 0 Å². The number of carbonyl (C=O) groups is 3. The van der Waals surface area contributed by atoms with Crippen molar-refractivity contribution in [2.75, 3.05) is 0 Å². The minimum absolute atomic E-state index is 0.0463. The number of benzene rings is 1. The quantitative estimate of drug-likeness (QED) is 0.697. The summed E-state index contributed by atoms with van der Waals surface area (Å²) in [6.45, 7) is 4.26. The largest absolute Gasteiger partial charge is 0.481 e. The third-order valence-electron chi connectivity index (χ3n) is 8.63. The van der Waals surface area contributed by atoms with Crippen LogP contribution in [0.5, 0.6) is 0 Å². The Bertz CT molecular complexity index is 833. The molecular formula is C25H32O5. The zero-order chi connectivity index (χ0) is 21.5. The van der Waals surface area contributed by atoms with Gasteiger partial charge in [0.1, 0.15) is 11.9 Å². The molecule has 1 aromatic rings. The van der Waals surface area contributed by atoms with Crippen LogP contribution in [0.1, 0.15) is 75.6 Å². The molecule has 1 aromatic carbocycles. The van der Waals surface area contributed by atoms with Crippen molar-refractivity contribution in [3.63, 3.8) is 0 Å². The van der Waals surface area contributed by atoms with Crippen LogP contribution < -0.4 is 0 Å². The lowest BCUT2D eigenvalue weighted by Gasteiger charge is -2.55. The van der Waals surface area contributed by atoms with Crippen LogP contribution in [0.3, 0.4) is 0 Å². The van der Waals surface area contributed by atoms with Crippen molar-refractivity contribution in [2.24, 2.45) is 28.6 Å². The molecule has 5 heteroatoms. The Morgan fingerprint density at radius 2 is 1.80 bits per heavy atom. The van der Waals surface area contributed by atoms with Gasteiger partial charge in [-0.2, -0.15) is 0 Å². The predicted molar refractivity (Wildman–Crippen MR) is 112 cm³/mol. The summed E-state index contributed by atoms with van der Waals surface area (Å²) in [5, 5.41) is 9.18. The third kappa shape index (κ3) is 3.46. The Balaban J connectivity index is 1.52. The van der Waals surface area contributed by atoms with Crippen LogP contribution in [0.4, 0.5) is 0 Å². The van der Waals surface area contributed by atoms with Crippen LogP contribution in [0.2, 0.25) is 0 Å². The molecule has 162 valence electrons. The van der Waals surface area contributed by atoms with Crippen LogP contribution in [0.15, 0.2) is 30.3 Å². The van der Waals surface area contributed by atoms with Gasteiger partial charge < -0.3 is 9.84 Å². The molecule has 3 fully saturated rings. The number of aliphatic carboxylic acids is 1. The second kappa shape index (κ2) is 7.82. The van der Waals surface area contributed by atoms with Gasteiger partial charge in [-0.1, -0.05) is 32.0 Å². The van der Waals surface area contributed by atoms with Crippen molar-refractivity contribution in [1.82, 2.24) is 0 Å². The number of ketones is 1. The minimum Gasteiger partial charge on any atom is -0.481 e. The molecule has 0 radical (unpaired) electrons. The molecule has 0 bridgehead atoms. The molecular weight excluding hydrogens is 380 g/mol. The van der Waals surface area contributed by atoms with Gasteiger partial charge in [-0.25, -0.2) is 4.79 Å². The van der Waals surface area contributed by atoms with E-state index in [0.717, 1.165) is 32.1 Å². The van der Waals surface area contributed by atoms with Crippen molar-refractivity contribution in [3.05, 3.63) is 35.9 Å². The summed E-state index contributed by atoms with van der Waals surface area (Å²) < 4.78 is 6.02. The first kappa shape index (κ1) is 21.1. The van der Waals surface area contributed by atoms with Crippen molar-refractivity contribution in [1.29, 1.82) is 0 Å². The number of hydrogen-bond donors (Lipinski definition) is 1. The number of rotatable bonds is 5. The molecule has 0 saturated heterocycles. The van der Waals surface area contributed by atoms with E-state index in [9.17, 15) is 19.5 Å². The van der Waals surface area contributed by atoms with Gasteiger partial charge in [0, 0.05) is 23.7 Å². The molecule has 3 aliphatic carbocycles. The molecule has 1 N–H and O–H groups in total. The Labute approximate surface area is 178 Å². The van der Waals surface area contributed by atoms with Gasteiger partial charge in [-0.3, -0.25) is 9.59 Å². The van der Waals surface area contributed by atoms with Crippen LogP contribution in [0, 0.1) is 28.6 Å². The van der Waals surface area contributed by atoms with Crippen molar-refractivity contribution >= 4 is 17.7 Å². The number of fused-ring (bicyclic) bond motifs is 3. The molecule has 0 aromatic heterocycles. The fraction of sp³-hybridized carbons (Fsp3) is 0.640. The summed E-state index contributed by atoms with van der Waals surface area (Å²) >= 11 is 0. The predicted octanol–water partition coefficient (Wildman–Crippen LogP) is 4.89. The average Bonchev–Trinajstić information content (AvgIpc) is 3.06. The number of hydrogen-bond acceptors (Lipinski definition) is 4. The fourth-order valence-corrected chi connectivity index (χ4v) is 6.88. The first-order valence-corrected chi connectivity index (χ1v) is 11.3. The highest BCUT2D eigenvalue weighted by Gasteiger charge is 2.60. The Morgan fingerprint density at radius 3 is 2.50 bits per heavy atom. The lowest BCUT2D eigenvalue weighted by Crippen LogP contribution is -2.53. The van der Waals surface area contributed by atoms with E-state index < -0.39 is 11.4 Å². The van der Waals surface area contributed by atoms with Gasteiger partial charge in [-0.15, -0.1) is 0 Å². The zero-order valence-corrected chi connectivity index (χ0v) is 17.9. The number of ether oxygens (including phenoxy) is 1. The number of carboxylic acids is 1. The maximum absolute atomic E-state index is 12.9. The monoisotopic (exact) mass is 412 g/mol. The molecule has 0 spiro atoms. The molecule has 3 aliphatic rings. The normalized spacial score (nSPS) is 37.9. The molecule has 30 heavy (non-hydrogen) atoms. The first-order valence-electron chi connectivity index (χ1n) is 11.3. The summed E-state index contributed by atoms with van der Waals surface area (Å²) in [4.78, 5) is 36.7. The topological polar surface area (TPSA) is 80.7 Å². The summed E-state index contributed by atoms with van der Waals surface area (Å²) in [5.74, 6) is 0.205. The van der Waals surface area contributed by atoms with E-state index in [4.69, 9.17) is 4.74 Å². The molecule has 0 heterocycles. The second-order valence-corrected chi connectivity index (χ2v) is 10.0. The first-order chi connectivity index (χ1) is 14.3. The highest BCUT2D eigenvalue weighted by atomic mass is 16.5. The zero-order valence-electron chi connectivity index (χ0n) is 17.9. The summed E-state index contributed by atoms with van der Waals surface area (Å²) in [7, 11) is 0. The SMILES string of the molecule is C[C@]12CC[C@H]3[C@@H](CCC(=O)[C@]3(C)CCC(=O)O)[C@@H]1CC[C@@H]2OC(=O)c1ccccc1. The van der Waals surface area contributed by atoms with Gasteiger partial charge in [-0.05, 0) is 68.4 Å². The Kier molecular flexibility index (Phi) is 5.50. The van der Waals surface area contributed by atoms with Crippen LogP contribution >= 0.6 is 0 Å². The van der Waals surface area contributed by atoms with Crippen molar-refractivity contribution in [2.45, 2.75) is 71.3 Å². The van der Waals surface area contributed by atoms with E-state index in [-0.39, 0.29) is 35.6 Å². The standard InChI is InChI=1S/C25H32O5/c1-24(15-13-22(27)28)19-12-14-25(2)18(17(19)8-10-20(24)26)9-11-21(25)30-23(29)16-6-4-3-5-7-16/h3-7,17-19,21H,8-15H2,1-2H3,(H,27,28)/t17-,18-,19-,21-,24+,25-/m0/s1. The van der Waals surface area contributed by atoms with E-state index in [2.05, 4.69) is 6.92 Å². The third-order valence-corrected chi connectivity index (χ3v) is 8.63. The highest BCUT2D eigenvalue weighted by Crippen LogP contribution is 2.63. The van der Waals surface area contributed by atoms with Crippen molar-refractivity contribution < 1.29 is 24.2 Å². The summed E-state index contributed by atoms with van der Waals surface area (Å²) in [5.41, 5.74) is -0.0241. The lowest BCUT2D eigenvalue weighted by molar-refractivity contribution is -0.149. The van der Waals surface area contributed by atoms with Gasteiger partial charge in [0.05, 0.1) is 5.56 Å². The summed E-state index contributed by atoms with van der Waals surface area (Å²) in [6, 6.07) is 9.15. The highest BCUT2D eigenvalue weighted by molar-refractivity contribution is 5.89. The lowest BCUT2D eigenvalue weighted by atomic mass is 9.49. The number of carboxylic acid groups (broad SMARTS) is 1. The smallest absolute Gasteiger partial charge is 0.338 e. The molecule has 5 nitrogen and oxygen atoms in total. The molecule has 6 atom stereocenters. The van der Waals surface area contributed by atoms with Gasteiger partial charge in [0.15, 0.2) is 0 Å². The minimum atomic E-state index is -0.833. The van der Waals surface area contributed by atoms with Crippen molar-refractivity contribution in [3.8, 4) is 0 Å². The van der Waals surface area contributed by atoms with Crippen LogP contribution in [-0.4, -0.2) is 28.9 Å². The number of carbonyl (C=O) groups excluding carboxylic acids is 2. The van der Waals surface area contributed by atoms with Crippen LogP contribution in [-0.2, 0) is 14.3 Å². The number of esters is 1. The number of Topliss-reactive ketones (excluding diaryl/α,β-unsaturated/α-hetero) is 1. The maximum atomic E-state index is 12.9. The van der Waals surface area contributed by atoms with E-state index in [1.807, 2.05) is 25.1 Å². The second-order valence-electron chi connectivity index (χ2n) is 10.0. The molecule has 0 aliphatic heterocycles. The van der Waals surface area contributed by atoms with E-state index in [1.54, 1.807) is 12.1 Å². The Morgan fingerprint density at radius 1 is 1.07 bits per heavy atom. The van der Waals surface area contributed by atoms with Crippen LogP contribution in [0.25, 0.3) is 0 Å². The summed E-state index contributed by atoms with van der Waals surface area (Å²) in [6.07, 6.45) is 5.49. The van der Waals surface area contributed by atoms with Gasteiger partial charge >= 0.3 is 11.9 Å². The Hall–Kier alpha value is -2.17. The fourth-order valence-electron chi connectivity index (χ4n) is 6.88. The van der Waals surface area contributed by atoms with Gasteiger partial charge in [0.2, 0.25) is 0 Å². The molecule has 4 rings (SSSR count).